The van der Waals surface area contributed by atoms with Gasteiger partial charge in [0.15, 0.2) is 0 Å². The minimum absolute atomic E-state index is 0.531. The van der Waals surface area contributed by atoms with Crippen LogP contribution in [0, 0.1) is 0 Å². The van der Waals surface area contributed by atoms with Gasteiger partial charge in [-0.15, -0.1) is 0 Å². The normalized spacial score (nSPS) is 18.4. The molecule has 0 radical (unpaired) electrons. The molecule has 0 aliphatic carbocycles. The van der Waals surface area contributed by atoms with Crippen LogP contribution in [0.1, 0.15) is 19.8 Å². The molecule has 0 unspecified atom stereocenters. The molecular weight excluding hydrogens is 178 g/mol. The Morgan fingerprint density at radius 3 is 3.00 bits per heavy atom. The first-order valence-electron chi connectivity index (χ1n) is 5.26. The Kier molecular flexibility index (Phi) is 3.03. The monoisotopic (exact) mass is 195 g/mol. The minimum atomic E-state index is 0.531. The summed E-state index contributed by atoms with van der Waals surface area (Å²) >= 11 is 0. The third-order valence-corrected chi connectivity index (χ3v) is 2.54. The van der Waals surface area contributed by atoms with E-state index < -0.39 is 0 Å². The summed E-state index contributed by atoms with van der Waals surface area (Å²) in [5.74, 6) is 0.985. The third kappa shape index (κ3) is 2.26. The lowest BCUT2D eigenvalue weighted by Crippen LogP contribution is -2.28. The molecular formula is C10H17N3O. The largest absolute Gasteiger partial charge is 0.381 e. The fraction of sp³-hybridized carbons (Fsp3) is 0.700. The average molecular weight is 195 g/mol. The highest BCUT2D eigenvalue weighted by Crippen LogP contribution is 2.12. The summed E-state index contributed by atoms with van der Waals surface area (Å²) in [6.45, 7) is 4.75. The molecule has 1 aromatic heterocycles. The molecule has 1 N–H and O–H groups in total. The molecule has 4 nitrogen and oxygen atoms in total. The van der Waals surface area contributed by atoms with Crippen LogP contribution in [0.3, 0.4) is 0 Å². The first kappa shape index (κ1) is 9.52. The topological polar surface area (TPSA) is 39.1 Å². The minimum Gasteiger partial charge on any atom is -0.381 e. The second-order valence-electron chi connectivity index (χ2n) is 3.59. The van der Waals surface area contributed by atoms with Crippen molar-refractivity contribution in [3.63, 3.8) is 0 Å². The number of aromatic nitrogens is 2. The van der Waals surface area contributed by atoms with Crippen LogP contribution < -0.4 is 5.32 Å². The number of hydrogen-bond acceptors (Lipinski definition) is 3. The van der Waals surface area contributed by atoms with Gasteiger partial charge in [-0.2, -0.15) is 5.10 Å². The predicted molar refractivity (Wildman–Crippen MR) is 55.4 cm³/mol. The van der Waals surface area contributed by atoms with Crippen molar-refractivity contribution < 1.29 is 4.74 Å². The van der Waals surface area contributed by atoms with Crippen LogP contribution in [0.25, 0.3) is 0 Å². The number of nitrogens with zero attached hydrogens (tertiary/aromatic N) is 2. The molecule has 0 atom stereocenters. The Bertz CT molecular complexity index is 279. The smallest absolute Gasteiger partial charge is 0.148 e. The Balaban J connectivity index is 1.89. The summed E-state index contributed by atoms with van der Waals surface area (Å²) in [5, 5.41) is 7.81. The Labute approximate surface area is 84.3 Å². The first-order valence-corrected chi connectivity index (χ1v) is 5.26. The van der Waals surface area contributed by atoms with E-state index in [4.69, 9.17) is 4.74 Å². The average Bonchev–Trinajstić information content (AvgIpc) is 2.67. The van der Waals surface area contributed by atoms with Gasteiger partial charge in [0, 0.05) is 38.1 Å². The number of ether oxygens (including phenoxy) is 1. The lowest BCUT2D eigenvalue weighted by Gasteiger charge is -2.22. The molecule has 2 heterocycles. The molecule has 1 aliphatic heterocycles. The van der Waals surface area contributed by atoms with Gasteiger partial charge in [-0.25, -0.2) is 0 Å². The van der Waals surface area contributed by atoms with E-state index >= 15 is 0 Å². The van der Waals surface area contributed by atoms with Gasteiger partial charge in [0.1, 0.15) is 5.82 Å². The van der Waals surface area contributed by atoms with Crippen LogP contribution in [0.4, 0.5) is 5.82 Å². The van der Waals surface area contributed by atoms with Crippen molar-refractivity contribution in [2.45, 2.75) is 32.4 Å². The molecule has 4 heteroatoms. The Morgan fingerprint density at radius 1 is 1.57 bits per heavy atom. The number of aryl methyl sites for hydroxylation is 1. The lowest BCUT2D eigenvalue weighted by molar-refractivity contribution is 0.0904. The van der Waals surface area contributed by atoms with E-state index in [1.165, 1.54) is 0 Å². The summed E-state index contributed by atoms with van der Waals surface area (Å²) in [4.78, 5) is 0. The second-order valence-corrected chi connectivity index (χ2v) is 3.59. The van der Waals surface area contributed by atoms with E-state index in [9.17, 15) is 0 Å². The zero-order chi connectivity index (χ0) is 9.80. The Hall–Kier alpha value is -1.03. The van der Waals surface area contributed by atoms with Crippen molar-refractivity contribution >= 4 is 5.82 Å². The maximum atomic E-state index is 5.30. The van der Waals surface area contributed by atoms with E-state index in [1.54, 1.807) is 0 Å². The molecule has 0 amide bonds. The summed E-state index contributed by atoms with van der Waals surface area (Å²) in [6.07, 6.45) is 4.17. The molecule has 78 valence electrons. The van der Waals surface area contributed by atoms with Gasteiger partial charge in [-0.1, -0.05) is 0 Å². The van der Waals surface area contributed by atoms with Gasteiger partial charge in [0.2, 0.25) is 0 Å². The van der Waals surface area contributed by atoms with Gasteiger partial charge in [-0.05, 0) is 19.8 Å². The summed E-state index contributed by atoms with van der Waals surface area (Å²) in [6, 6.07) is 2.56. The van der Waals surface area contributed by atoms with Gasteiger partial charge in [0.25, 0.3) is 0 Å². The van der Waals surface area contributed by atoms with Crippen molar-refractivity contribution in [3.05, 3.63) is 12.3 Å². The van der Waals surface area contributed by atoms with Crippen molar-refractivity contribution in [3.8, 4) is 0 Å². The maximum Gasteiger partial charge on any atom is 0.148 e. The lowest BCUT2D eigenvalue weighted by atomic mass is 10.1. The number of hydrogen-bond donors (Lipinski definition) is 1. The van der Waals surface area contributed by atoms with E-state index in [2.05, 4.69) is 17.3 Å². The highest BCUT2D eigenvalue weighted by Gasteiger charge is 2.13. The molecule has 1 aliphatic rings. The zero-order valence-electron chi connectivity index (χ0n) is 8.57. The van der Waals surface area contributed by atoms with Crippen LogP contribution in [0.15, 0.2) is 12.3 Å². The number of nitrogens with one attached hydrogen (secondary N) is 1. The summed E-state index contributed by atoms with van der Waals surface area (Å²) in [7, 11) is 0. The highest BCUT2D eigenvalue weighted by molar-refractivity contribution is 5.33. The second kappa shape index (κ2) is 4.46. The molecule has 0 bridgehead atoms. The molecule has 2 rings (SSSR count). The van der Waals surface area contributed by atoms with Crippen LogP contribution in [-0.2, 0) is 11.3 Å². The van der Waals surface area contributed by atoms with E-state index in [-0.39, 0.29) is 0 Å². The Morgan fingerprint density at radius 2 is 2.36 bits per heavy atom. The predicted octanol–water partition coefficient (Wildman–Crippen LogP) is 1.49. The van der Waals surface area contributed by atoms with Crippen molar-refractivity contribution in [2.24, 2.45) is 0 Å². The maximum absolute atomic E-state index is 5.30. The molecule has 1 aromatic rings. The highest BCUT2D eigenvalue weighted by atomic mass is 16.5. The van der Waals surface area contributed by atoms with Gasteiger partial charge >= 0.3 is 0 Å². The fourth-order valence-electron chi connectivity index (χ4n) is 1.67. The van der Waals surface area contributed by atoms with Crippen LogP contribution in [-0.4, -0.2) is 29.0 Å². The van der Waals surface area contributed by atoms with Gasteiger partial charge in [-0.3, -0.25) is 4.68 Å². The van der Waals surface area contributed by atoms with Crippen LogP contribution in [0.2, 0.25) is 0 Å². The fourth-order valence-corrected chi connectivity index (χ4v) is 1.67. The summed E-state index contributed by atoms with van der Waals surface area (Å²) < 4.78 is 7.23. The zero-order valence-corrected chi connectivity index (χ0v) is 8.57. The number of anilines is 1. The molecule has 1 fully saturated rings. The van der Waals surface area contributed by atoms with E-state index in [0.717, 1.165) is 38.4 Å². The van der Waals surface area contributed by atoms with Gasteiger partial charge in [0.05, 0.1) is 0 Å². The van der Waals surface area contributed by atoms with E-state index in [1.807, 2.05) is 16.9 Å². The number of rotatable bonds is 3. The molecule has 1 saturated heterocycles. The van der Waals surface area contributed by atoms with Crippen molar-refractivity contribution in [2.75, 3.05) is 18.5 Å². The third-order valence-electron chi connectivity index (χ3n) is 2.54. The van der Waals surface area contributed by atoms with E-state index in [0.29, 0.717) is 6.04 Å². The quantitative estimate of drug-likeness (QED) is 0.794. The van der Waals surface area contributed by atoms with Crippen molar-refractivity contribution in [1.29, 1.82) is 0 Å². The molecule has 14 heavy (non-hydrogen) atoms. The van der Waals surface area contributed by atoms with Crippen LogP contribution >= 0.6 is 0 Å². The van der Waals surface area contributed by atoms with Crippen molar-refractivity contribution in [1.82, 2.24) is 9.78 Å². The molecule has 0 spiro atoms. The first-order chi connectivity index (χ1) is 6.88. The summed E-state index contributed by atoms with van der Waals surface area (Å²) in [5.41, 5.74) is 0. The van der Waals surface area contributed by atoms with Gasteiger partial charge < -0.3 is 10.1 Å². The standard InChI is InChI=1S/C10H17N3O/c1-2-13-6-3-10(12-13)11-9-4-7-14-8-5-9/h3,6,9H,2,4-5,7-8H2,1H3,(H,11,12). The molecule has 0 aromatic carbocycles. The molecule has 0 saturated carbocycles. The van der Waals surface area contributed by atoms with Crippen LogP contribution in [0.5, 0.6) is 0 Å². The SMILES string of the molecule is CCn1ccc(NC2CCOCC2)n1.